The highest BCUT2D eigenvalue weighted by atomic mass is 35.5. The second-order valence-electron chi connectivity index (χ2n) is 6.08. The zero-order chi connectivity index (χ0) is 20.5. The van der Waals surface area contributed by atoms with Crippen LogP contribution in [0.15, 0.2) is 47.6 Å². The Kier molecular flexibility index (Phi) is 5.64. The fraction of sp³-hybridized carbons (Fsp3) is 0.294. The van der Waals surface area contributed by atoms with E-state index in [1.54, 1.807) is 12.1 Å². The number of benzene rings is 1. The lowest BCUT2D eigenvalue weighted by atomic mass is 10.2. The maximum absolute atomic E-state index is 12.9. The molecule has 28 heavy (non-hydrogen) atoms. The lowest BCUT2D eigenvalue weighted by Crippen LogP contribution is -2.50. The number of amides is 1. The van der Waals surface area contributed by atoms with Crippen LogP contribution in [0.4, 0.5) is 13.2 Å². The minimum atomic E-state index is -4.69. The van der Waals surface area contributed by atoms with E-state index in [-0.39, 0.29) is 37.1 Å². The maximum atomic E-state index is 12.9. The van der Waals surface area contributed by atoms with Crippen LogP contribution in [-0.2, 0) is 16.2 Å². The number of alkyl halides is 3. The number of pyridine rings is 1. The zero-order valence-electron chi connectivity index (χ0n) is 14.4. The van der Waals surface area contributed by atoms with Gasteiger partial charge < -0.3 is 4.90 Å². The fourth-order valence-electron chi connectivity index (χ4n) is 2.83. The number of carbonyl (C=O) groups excluding carboxylic acids is 1. The van der Waals surface area contributed by atoms with Crippen LogP contribution in [0.2, 0.25) is 5.02 Å². The summed E-state index contributed by atoms with van der Waals surface area (Å²) in [6, 6.07) is 5.28. The van der Waals surface area contributed by atoms with Crippen molar-refractivity contribution in [2.75, 3.05) is 26.2 Å². The highest BCUT2D eigenvalue weighted by Gasteiger charge is 2.36. The molecule has 0 bridgehead atoms. The van der Waals surface area contributed by atoms with Gasteiger partial charge in [-0.25, -0.2) is 8.42 Å². The largest absolute Gasteiger partial charge is 0.416 e. The van der Waals surface area contributed by atoms with Gasteiger partial charge in [0.05, 0.1) is 10.6 Å². The third-order valence-electron chi connectivity index (χ3n) is 4.33. The van der Waals surface area contributed by atoms with Crippen LogP contribution in [0.25, 0.3) is 0 Å². The molecule has 0 unspecified atom stereocenters. The number of carbonyl (C=O) groups is 1. The first-order valence-electron chi connectivity index (χ1n) is 8.17. The maximum Gasteiger partial charge on any atom is 0.416 e. The molecule has 0 radical (unpaired) electrons. The van der Waals surface area contributed by atoms with Crippen LogP contribution < -0.4 is 0 Å². The highest BCUT2D eigenvalue weighted by Crippen LogP contribution is 2.34. The van der Waals surface area contributed by atoms with Gasteiger partial charge in [0.1, 0.15) is 4.90 Å². The second-order valence-corrected chi connectivity index (χ2v) is 8.39. The quantitative estimate of drug-likeness (QED) is 0.746. The Morgan fingerprint density at radius 3 is 2.21 bits per heavy atom. The van der Waals surface area contributed by atoms with Gasteiger partial charge in [-0.2, -0.15) is 17.5 Å². The molecule has 0 saturated carbocycles. The highest BCUT2D eigenvalue weighted by molar-refractivity contribution is 7.89. The van der Waals surface area contributed by atoms with Crippen molar-refractivity contribution in [3.63, 3.8) is 0 Å². The third-order valence-corrected chi connectivity index (χ3v) is 6.71. The Labute approximate surface area is 164 Å². The van der Waals surface area contributed by atoms with Crippen molar-refractivity contribution >= 4 is 27.5 Å². The number of nitrogens with zero attached hydrogens (tertiary/aromatic N) is 3. The predicted molar refractivity (Wildman–Crippen MR) is 95.4 cm³/mol. The first-order valence-corrected chi connectivity index (χ1v) is 9.99. The Balaban J connectivity index is 1.78. The topological polar surface area (TPSA) is 70.6 Å². The van der Waals surface area contributed by atoms with Crippen molar-refractivity contribution in [1.29, 1.82) is 0 Å². The molecule has 1 fully saturated rings. The molecule has 1 saturated heterocycles. The Morgan fingerprint density at radius 1 is 1.04 bits per heavy atom. The van der Waals surface area contributed by atoms with E-state index in [0.717, 1.165) is 16.4 Å². The smallest absolute Gasteiger partial charge is 0.336 e. The summed E-state index contributed by atoms with van der Waals surface area (Å²) in [5.74, 6) is -0.267. The number of sulfonamides is 1. The molecule has 2 heterocycles. The lowest BCUT2D eigenvalue weighted by Gasteiger charge is -2.34. The van der Waals surface area contributed by atoms with Crippen molar-refractivity contribution in [3.05, 3.63) is 58.9 Å². The third kappa shape index (κ3) is 4.13. The molecule has 3 rings (SSSR count). The standard InChI is InChI=1S/C17H15ClF3N3O3S/c18-14-2-1-13(17(19,20)21)11-15(14)28(26,27)24-9-7-23(8-10-24)16(25)12-3-5-22-6-4-12/h1-6,11H,7-10H2. The van der Waals surface area contributed by atoms with Crippen LogP contribution in [0.1, 0.15) is 15.9 Å². The summed E-state index contributed by atoms with van der Waals surface area (Å²) in [6.07, 6.45) is -1.74. The molecule has 150 valence electrons. The van der Waals surface area contributed by atoms with E-state index >= 15 is 0 Å². The number of piperazine rings is 1. The van der Waals surface area contributed by atoms with E-state index < -0.39 is 26.7 Å². The summed E-state index contributed by atoms with van der Waals surface area (Å²) in [5, 5.41) is -0.289. The number of hydrogen-bond acceptors (Lipinski definition) is 4. The number of halogens is 4. The normalized spacial score (nSPS) is 16.2. The number of rotatable bonds is 3. The molecule has 2 aromatic rings. The molecule has 6 nitrogen and oxygen atoms in total. The molecule has 0 aliphatic carbocycles. The van der Waals surface area contributed by atoms with Gasteiger partial charge in [0.15, 0.2) is 0 Å². The Hall–Kier alpha value is -2.17. The van der Waals surface area contributed by atoms with Crippen molar-refractivity contribution in [3.8, 4) is 0 Å². The van der Waals surface area contributed by atoms with Crippen LogP contribution in [0.3, 0.4) is 0 Å². The monoisotopic (exact) mass is 433 g/mol. The number of hydrogen-bond donors (Lipinski definition) is 0. The Bertz CT molecular complexity index is 976. The van der Waals surface area contributed by atoms with Gasteiger partial charge in [0.2, 0.25) is 10.0 Å². The first kappa shape index (κ1) is 20.6. The van der Waals surface area contributed by atoms with Crippen LogP contribution >= 0.6 is 11.6 Å². The molecular weight excluding hydrogens is 419 g/mol. The van der Waals surface area contributed by atoms with Gasteiger partial charge in [0, 0.05) is 44.1 Å². The van der Waals surface area contributed by atoms with Crippen molar-refractivity contribution in [1.82, 2.24) is 14.2 Å². The molecule has 0 atom stereocenters. The van der Waals surface area contributed by atoms with Crippen molar-refractivity contribution in [2.45, 2.75) is 11.1 Å². The van der Waals surface area contributed by atoms with Gasteiger partial charge in [-0.05, 0) is 30.3 Å². The predicted octanol–water partition coefficient (Wildman–Crippen LogP) is 2.90. The van der Waals surface area contributed by atoms with Crippen LogP contribution in [0.5, 0.6) is 0 Å². The summed E-state index contributed by atoms with van der Waals surface area (Å²) in [5.41, 5.74) is -0.672. The SMILES string of the molecule is O=C(c1ccncc1)N1CCN(S(=O)(=O)c2cc(C(F)(F)F)ccc2Cl)CC1. The molecule has 1 aromatic heterocycles. The molecule has 1 aliphatic heterocycles. The molecule has 1 aromatic carbocycles. The molecule has 0 N–H and O–H groups in total. The Morgan fingerprint density at radius 2 is 1.64 bits per heavy atom. The van der Waals surface area contributed by atoms with Gasteiger partial charge >= 0.3 is 6.18 Å². The van der Waals surface area contributed by atoms with Crippen LogP contribution in [0, 0.1) is 0 Å². The van der Waals surface area contributed by atoms with E-state index in [4.69, 9.17) is 11.6 Å². The van der Waals surface area contributed by atoms with Gasteiger partial charge in [0.25, 0.3) is 5.91 Å². The molecule has 0 spiro atoms. The van der Waals surface area contributed by atoms with Crippen LogP contribution in [-0.4, -0.2) is 54.7 Å². The minimum Gasteiger partial charge on any atom is -0.336 e. The van der Waals surface area contributed by atoms with Gasteiger partial charge in [-0.3, -0.25) is 9.78 Å². The molecule has 11 heteroatoms. The van der Waals surface area contributed by atoms with Gasteiger partial charge in [-0.1, -0.05) is 11.6 Å². The molecule has 1 aliphatic rings. The van der Waals surface area contributed by atoms with E-state index in [1.807, 2.05) is 0 Å². The average Bonchev–Trinajstić information content (AvgIpc) is 2.67. The lowest BCUT2D eigenvalue weighted by molar-refractivity contribution is -0.137. The fourth-order valence-corrected chi connectivity index (χ4v) is 4.75. The second kappa shape index (κ2) is 7.69. The van der Waals surface area contributed by atoms with E-state index in [2.05, 4.69) is 4.98 Å². The molecule has 1 amide bonds. The minimum absolute atomic E-state index is 0.0499. The number of aromatic nitrogens is 1. The average molecular weight is 434 g/mol. The summed E-state index contributed by atoms with van der Waals surface area (Å²) in [7, 11) is -4.24. The molecular formula is C17H15ClF3N3O3S. The summed E-state index contributed by atoms with van der Waals surface area (Å²) in [6.45, 7) is 0.116. The summed E-state index contributed by atoms with van der Waals surface area (Å²) < 4.78 is 65.4. The zero-order valence-corrected chi connectivity index (χ0v) is 15.9. The first-order chi connectivity index (χ1) is 13.1. The summed E-state index contributed by atoms with van der Waals surface area (Å²) >= 11 is 5.87. The van der Waals surface area contributed by atoms with Gasteiger partial charge in [-0.15, -0.1) is 0 Å². The van der Waals surface area contributed by atoms with Crippen molar-refractivity contribution < 1.29 is 26.4 Å². The van der Waals surface area contributed by atoms with Crippen molar-refractivity contribution in [2.24, 2.45) is 0 Å². The van der Waals surface area contributed by atoms with E-state index in [0.29, 0.717) is 11.6 Å². The van der Waals surface area contributed by atoms with E-state index in [1.165, 1.54) is 17.3 Å². The summed E-state index contributed by atoms with van der Waals surface area (Å²) in [4.78, 5) is 17.1. The van der Waals surface area contributed by atoms with E-state index in [9.17, 15) is 26.4 Å².